The van der Waals surface area contributed by atoms with Crippen molar-refractivity contribution in [2.45, 2.75) is 50.6 Å². The molecule has 2 aliphatic heterocycles. The minimum atomic E-state index is -1.47. The molecule has 2 aliphatic rings. The second-order valence-electron chi connectivity index (χ2n) is 8.83. The van der Waals surface area contributed by atoms with Crippen LogP contribution in [0.3, 0.4) is 0 Å². The molecule has 8 nitrogen and oxygen atoms in total. The highest BCUT2D eigenvalue weighted by molar-refractivity contribution is 6.17. The Morgan fingerprint density at radius 2 is 1.77 bits per heavy atom. The number of amides is 1. The topological polar surface area (TPSA) is 139 Å². The third-order valence-corrected chi connectivity index (χ3v) is 5.90. The predicted molar refractivity (Wildman–Crippen MR) is 115 cm³/mol. The van der Waals surface area contributed by atoms with Crippen LogP contribution in [0.15, 0.2) is 40.3 Å². The smallest absolute Gasteiger partial charge is 0.306 e. The predicted octanol–water partition coefficient (Wildman–Crippen LogP) is 1.64. The molecule has 31 heavy (non-hydrogen) atoms. The van der Waals surface area contributed by atoms with E-state index < -0.39 is 47.0 Å². The van der Waals surface area contributed by atoms with Gasteiger partial charge in [-0.05, 0) is 17.9 Å². The Bertz CT molecular complexity index is 955. The lowest BCUT2D eigenvalue weighted by molar-refractivity contribution is -0.142. The maximum Gasteiger partial charge on any atom is 0.306 e. The van der Waals surface area contributed by atoms with E-state index in [0.29, 0.717) is 0 Å². The number of carboxylic acids is 1. The molecular formula is C23H27N3O5. The number of nitrogens with two attached hydrogens (primary N) is 1. The minimum Gasteiger partial charge on any atom is -0.481 e. The molecule has 0 spiro atoms. The van der Waals surface area contributed by atoms with Crippen molar-refractivity contribution < 1.29 is 24.3 Å². The molecule has 0 aromatic heterocycles. The van der Waals surface area contributed by atoms with Crippen LogP contribution in [-0.2, 0) is 25.6 Å². The number of carbonyl (C=O) groups excluding carboxylic acids is 3. The number of hydrogen-bond acceptors (Lipinski definition) is 6. The molecule has 164 valence electrons. The molecule has 0 saturated heterocycles. The third-order valence-electron chi connectivity index (χ3n) is 5.90. The summed E-state index contributed by atoms with van der Waals surface area (Å²) < 4.78 is 0. The van der Waals surface area contributed by atoms with Gasteiger partial charge in [-0.3, -0.25) is 29.2 Å². The fourth-order valence-electron chi connectivity index (χ4n) is 4.68. The van der Waals surface area contributed by atoms with Gasteiger partial charge in [-0.15, -0.1) is 0 Å². The van der Waals surface area contributed by atoms with Gasteiger partial charge < -0.3 is 10.8 Å². The fourth-order valence-corrected chi connectivity index (χ4v) is 4.68. The Morgan fingerprint density at radius 3 is 2.35 bits per heavy atom. The molecule has 1 amide bonds. The third kappa shape index (κ3) is 4.33. The standard InChI is InChI=1S/C23H27N3O5/c1-14(2)9-22(11-19(28)29)21(31)17(13-25-22)23(10-15-6-4-3-5-7-15)20(30)16(12-26-23)8-18(24)27/h3-7,12-14,16-17H,8-11H2,1-2H3,(H2,24,27)(H,28,29). The molecule has 4 atom stereocenters. The molecule has 3 rings (SSSR count). The van der Waals surface area contributed by atoms with Crippen LogP contribution < -0.4 is 5.73 Å². The first kappa shape index (κ1) is 22.5. The molecule has 1 aromatic rings. The highest BCUT2D eigenvalue weighted by atomic mass is 16.4. The quantitative estimate of drug-likeness (QED) is 0.619. The maximum atomic E-state index is 13.6. The summed E-state index contributed by atoms with van der Waals surface area (Å²) in [5.74, 6) is -4.34. The Labute approximate surface area is 180 Å². The lowest BCUT2D eigenvalue weighted by Crippen LogP contribution is -2.52. The largest absolute Gasteiger partial charge is 0.481 e. The van der Waals surface area contributed by atoms with Crippen molar-refractivity contribution in [1.82, 2.24) is 0 Å². The first-order valence-electron chi connectivity index (χ1n) is 10.3. The lowest BCUT2D eigenvalue weighted by atomic mass is 9.69. The monoisotopic (exact) mass is 425 g/mol. The number of carbonyl (C=O) groups is 4. The molecule has 0 radical (unpaired) electrons. The van der Waals surface area contributed by atoms with Gasteiger partial charge in [0.15, 0.2) is 11.6 Å². The first-order valence-corrected chi connectivity index (χ1v) is 10.3. The van der Waals surface area contributed by atoms with Crippen molar-refractivity contribution in [3.63, 3.8) is 0 Å². The van der Waals surface area contributed by atoms with E-state index in [-0.39, 0.29) is 31.0 Å². The summed E-state index contributed by atoms with van der Waals surface area (Å²) in [5.41, 5.74) is 3.20. The van der Waals surface area contributed by atoms with Crippen molar-refractivity contribution in [2.75, 3.05) is 0 Å². The van der Waals surface area contributed by atoms with E-state index >= 15 is 0 Å². The number of hydrogen-bond donors (Lipinski definition) is 2. The number of aliphatic imine (C=N–C) groups is 2. The normalized spacial score (nSPS) is 29.8. The van der Waals surface area contributed by atoms with Gasteiger partial charge in [0.1, 0.15) is 11.1 Å². The highest BCUT2D eigenvalue weighted by Crippen LogP contribution is 2.43. The second-order valence-corrected chi connectivity index (χ2v) is 8.83. The zero-order chi connectivity index (χ0) is 22.8. The lowest BCUT2D eigenvalue weighted by Gasteiger charge is -2.33. The SMILES string of the molecule is CC(C)CC1(CC(=O)O)N=CC(C2(Cc3ccccc3)N=CC(CC(N)=O)C2=O)C1=O. The minimum absolute atomic E-state index is 0.0228. The van der Waals surface area contributed by atoms with Gasteiger partial charge in [0, 0.05) is 25.3 Å². The van der Waals surface area contributed by atoms with Crippen LogP contribution in [-0.4, -0.2) is 52.1 Å². The summed E-state index contributed by atoms with van der Waals surface area (Å²) in [6.07, 6.45) is 2.57. The summed E-state index contributed by atoms with van der Waals surface area (Å²) in [6.45, 7) is 3.78. The molecule has 0 aliphatic carbocycles. The van der Waals surface area contributed by atoms with Crippen LogP contribution in [0.25, 0.3) is 0 Å². The summed E-state index contributed by atoms with van der Waals surface area (Å²) in [5, 5.41) is 9.44. The van der Waals surface area contributed by atoms with Gasteiger partial charge in [0.05, 0.1) is 18.3 Å². The van der Waals surface area contributed by atoms with Crippen LogP contribution in [0.2, 0.25) is 0 Å². The highest BCUT2D eigenvalue weighted by Gasteiger charge is 2.59. The van der Waals surface area contributed by atoms with Gasteiger partial charge in [0.2, 0.25) is 5.91 Å². The molecular weight excluding hydrogens is 398 g/mol. The number of nitrogens with zero attached hydrogens (tertiary/aromatic N) is 2. The number of primary amides is 1. The second kappa shape index (κ2) is 8.53. The van der Waals surface area contributed by atoms with Crippen molar-refractivity contribution in [3.05, 3.63) is 35.9 Å². The number of aliphatic carboxylic acids is 1. The molecule has 0 saturated carbocycles. The molecule has 2 heterocycles. The Kier molecular flexibility index (Phi) is 6.20. The Morgan fingerprint density at radius 1 is 1.10 bits per heavy atom. The Balaban J connectivity index is 2.03. The van der Waals surface area contributed by atoms with E-state index in [4.69, 9.17) is 5.73 Å². The van der Waals surface area contributed by atoms with Crippen molar-refractivity contribution >= 4 is 35.9 Å². The van der Waals surface area contributed by atoms with Crippen molar-refractivity contribution in [3.8, 4) is 0 Å². The number of rotatable bonds is 9. The Hall–Kier alpha value is -3.16. The van der Waals surface area contributed by atoms with Gasteiger partial charge >= 0.3 is 5.97 Å². The van der Waals surface area contributed by atoms with Crippen molar-refractivity contribution in [1.29, 1.82) is 0 Å². The van der Waals surface area contributed by atoms with Crippen LogP contribution in [0, 0.1) is 17.8 Å². The zero-order valence-electron chi connectivity index (χ0n) is 17.7. The number of Topliss-reactive ketones (excluding diaryl/α,β-unsaturated/α-hetero) is 2. The van der Waals surface area contributed by atoms with E-state index in [2.05, 4.69) is 9.98 Å². The molecule has 1 aromatic carbocycles. The van der Waals surface area contributed by atoms with Crippen LogP contribution in [0.1, 0.15) is 38.7 Å². The van der Waals surface area contributed by atoms with Crippen LogP contribution in [0.4, 0.5) is 0 Å². The van der Waals surface area contributed by atoms with Crippen LogP contribution >= 0.6 is 0 Å². The van der Waals surface area contributed by atoms with Gasteiger partial charge in [0.25, 0.3) is 0 Å². The fraction of sp³-hybridized carbons (Fsp3) is 0.478. The van der Waals surface area contributed by atoms with E-state index in [1.54, 1.807) is 0 Å². The van der Waals surface area contributed by atoms with Gasteiger partial charge in [-0.2, -0.15) is 0 Å². The molecule has 4 unspecified atom stereocenters. The molecule has 0 bridgehead atoms. The maximum absolute atomic E-state index is 13.6. The summed E-state index contributed by atoms with van der Waals surface area (Å²) in [4.78, 5) is 59.0. The summed E-state index contributed by atoms with van der Waals surface area (Å²) >= 11 is 0. The van der Waals surface area contributed by atoms with E-state index in [1.807, 2.05) is 44.2 Å². The molecule has 8 heteroatoms. The van der Waals surface area contributed by atoms with Gasteiger partial charge in [-0.1, -0.05) is 44.2 Å². The average Bonchev–Trinajstić information content (AvgIpc) is 3.14. The number of ketones is 2. The molecule has 3 N–H and O–H groups in total. The van der Waals surface area contributed by atoms with E-state index in [9.17, 15) is 24.3 Å². The molecule has 0 fully saturated rings. The zero-order valence-corrected chi connectivity index (χ0v) is 17.7. The number of benzene rings is 1. The van der Waals surface area contributed by atoms with Crippen LogP contribution in [0.5, 0.6) is 0 Å². The number of carboxylic acid groups (broad SMARTS) is 1. The van der Waals surface area contributed by atoms with Crippen molar-refractivity contribution in [2.24, 2.45) is 33.5 Å². The summed E-state index contributed by atoms with van der Waals surface area (Å²) in [7, 11) is 0. The van der Waals surface area contributed by atoms with E-state index in [1.165, 1.54) is 12.4 Å². The van der Waals surface area contributed by atoms with E-state index in [0.717, 1.165) is 5.56 Å². The average molecular weight is 425 g/mol. The summed E-state index contributed by atoms with van der Waals surface area (Å²) in [6, 6.07) is 9.16. The first-order chi connectivity index (χ1) is 14.6. The van der Waals surface area contributed by atoms with Gasteiger partial charge in [-0.25, -0.2) is 0 Å².